The second-order valence-electron chi connectivity index (χ2n) is 6.87. The molecule has 0 spiro atoms. The number of carbonyl (C=O) groups excluding carboxylic acids is 1. The maximum absolute atomic E-state index is 12.6. The van der Waals surface area contributed by atoms with Crippen molar-refractivity contribution in [1.29, 1.82) is 0 Å². The Labute approximate surface area is 182 Å². The fourth-order valence-corrected chi connectivity index (χ4v) is 4.70. The van der Waals surface area contributed by atoms with Gasteiger partial charge in [0.2, 0.25) is 5.91 Å². The van der Waals surface area contributed by atoms with E-state index in [0.29, 0.717) is 11.4 Å². The van der Waals surface area contributed by atoms with Crippen LogP contribution in [0.3, 0.4) is 0 Å². The Morgan fingerprint density at radius 3 is 2.23 bits per heavy atom. The van der Waals surface area contributed by atoms with E-state index in [1.807, 2.05) is 56.3 Å². The van der Waals surface area contributed by atoms with Crippen LogP contribution in [0.2, 0.25) is 0 Å². The van der Waals surface area contributed by atoms with E-state index in [4.69, 9.17) is 0 Å². The van der Waals surface area contributed by atoms with E-state index < -0.39 is 10.0 Å². The van der Waals surface area contributed by atoms with Gasteiger partial charge in [-0.15, -0.1) is 11.8 Å². The monoisotopic (exact) mass is 440 g/mol. The van der Waals surface area contributed by atoms with Gasteiger partial charge in [0.25, 0.3) is 10.0 Å². The molecule has 0 aromatic heterocycles. The van der Waals surface area contributed by atoms with Crippen LogP contribution < -0.4 is 10.0 Å². The number of anilines is 2. The van der Waals surface area contributed by atoms with Gasteiger partial charge < -0.3 is 5.32 Å². The lowest BCUT2D eigenvalue weighted by Gasteiger charge is -2.13. The van der Waals surface area contributed by atoms with Crippen LogP contribution in [0, 0.1) is 6.92 Å². The predicted molar refractivity (Wildman–Crippen MR) is 124 cm³/mol. The number of amides is 1. The molecule has 0 bridgehead atoms. The highest BCUT2D eigenvalue weighted by Gasteiger charge is 2.17. The molecule has 0 unspecified atom stereocenters. The molecule has 0 aliphatic heterocycles. The van der Waals surface area contributed by atoms with Gasteiger partial charge in [-0.25, -0.2) is 8.42 Å². The number of thioether (sulfide) groups is 1. The molecule has 5 nitrogen and oxygen atoms in total. The summed E-state index contributed by atoms with van der Waals surface area (Å²) in [5, 5.41) is 2.60. The fourth-order valence-electron chi connectivity index (χ4n) is 2.72. The van der Waals surface area contributed by atoms with Crippen molar-refractivity contribution < 1.29 is 13.2 Å². The Kier molecular flexibility index (Phi) is 7.18. The molecule has 0 saturated heterocycles. The van der Waals surface area contributed by atoms with Crippen LogP contribution in [0.1, 0.15) is 18.1 Å². The van der Waals surface area contributed by atoms with Gasteiger partial charge in [0.15, 0.2) is 0 Å². The highest BCUT2D eigenvalue weighted by Crippen LogP contribution is 2.22. The van der Waals surface area contributed by atoms with Crippen LogP contribution in [-0.2, 0) is 20.6 Å². The fraction of sp³-hybridized carbons (Fsp3) is 0.174. The molecule has 1 amide bonds. The third kappa shape index (κ3) is 5.87. The summed E-state index contributed by atoms with van der Waals surface area (Å²) >= 11 is 1.55. The molecular formula is C23H24N2O3S2. The molecule has 7 heteroatoms. The quantitative estimate of drug-likeness (QED) is 0.514. The lowest BCUT2D eigenvalue weighted by atomic mass is 10.2. The van der Waals surface area contributed by atoms with Crippen molar-refractivity contribution in [2.75, 3.05) is 10.0 Å². The first-order valence-corrected chi connectivity index (χ1v) is 12.0. The Hall–Kier alpha value is -2.77. The molecule has 1 atom stereocenters. The van der Waals surface area contributed by atoms with Crippen molar-refractivity contribution in [3.8, 4) is 0 Å². The minimum Gasteiger partial charge on any atom is -0.325 e. The molecule has 2 N–H and O–H groups in total. The van der Waals surface area contributed by atoms with Gasteiger partial charge in [-0.1, -0.05) is 48.5 Å². The van der Waals surface area contributed by atoms with Gasteiger partial charge in [0.05, 0.1) is 15.8 Å². The van der Waals surface area contributed by atoms with E-state index in [0.717, 1.165) is 16.9 Å². The standard InChI is InChI=1S/C23H24N2O3S2/c1-17-8-6-7-11-22(17)25-30(27,28)21-14-12-20(13-15-21)24-23(26)18(2)29-16-19-9-4-3-5-10-19/h3-15,18,25H,16H2,1-2H3,(H,24,26)/t18-/m0/s1. The van der Waals surface area contributed by atoms with Crippen molar-refractivity contribution in [2.24, 2.45) is 0 Å². The third-order valence-electron chi connectivity index (χ3n) is 4.53. The Balaban J connectivity index is 1.59. The number of hydrogen-bond donors (Lipinski definition) is 2. The Morgan fingerprint density at radius 2 is 1.57 bits per heavy atom. The summed E-state index contributed by atoms with van der Waals surface area (Å²) in [4.78, 5) is 12.6. The Bertz CT molecular complexity index is 1100. The van der Waals surface area contributed by atoms with E-state index in [1.165, 1.54) is 12.1 Å². The van der Waals surface area contributed by atoms with Gasteiger partial charge in [-0.2, -0.15) is 0 Å². The maximum Gasteiger partial charge on any atom is 0.261 e. The first-order chi connectivity index (χ1) is 14.3. The van der Waals surface area contributed by atoms with E-state index in [1.54, 1.807) is 36.0 Å². The van der Waals surface area contributed by atoms with Gasteiger partial charge in [0, 0.05) is 11.4 Å². The molecule has 0 heterocycles. The average Bonchev–Trinajstić information content (AvgIpc) is 2.74. The summed E-state index contributed by atoms with van der Waals surface area (Å²) in [6.07, 6.45) is 0. The summed E-state index contributed by atoms with van der Waals surface area (Å²) in [5.41, 5.74) is 3.10. The van der Waals surface area contributed by atoms with Gasteiger partial charge >= 0.3 is 0 Å². The summed E-state index contributed by atoms with van der Waals surface area (Å²) < 4.78 is 27.8. The molecule has 156 valence electrons. The summed E-state index contributed by atoms with van der Waals surface area (Å²) in [7, 11) is -3.70. The number of aryl methyl sites for hydroxylation is 1. The molecule has 3 rings (SSSR count). The van der Waals surface area contributed by atoms with Crippen molar-refractivity contribution in [2.45, 2.75) is 29.7 Å². The number of carbonyl (C=O) groups is 1. The van der Waals surface area contributed by atoms with Crippen molar-refractivity contribution in [3.05, 3.63) is 90.0 Å². The third-order valence-corrected chi connectivity index (χ3v) is 7.13. The van der Waals surface area contributed by atoms with Crippen molar-refractivity contribution in [3.63, 3.8) is 0 Å². The lowest BCUT2D eigenvalue weighted by Crippen LogP contribution is -2.22. The van der Waals surface area contributed by atoms with Crippen LogP contribution >= 0.6 is 11.8 Å². The smallest absolute Gasteiger partial charge is 0.261 e. The lowest BCUT2D eigenvalue weighted by molar-refractivity contribution is -0.115. The first kappa shape index (κ1) is 21.9. The van der Waals surface area contributed by atoms with E-state index in [-0.39, 0.29) is 16.1 Å². The van der Waals surface area contributed by atoms with E-state index in [2.05, 4.69) is 10.0 Å². The van der Waals surface area contributed by atoms with E-state index in [9.17, 15) is 13.2 Å². The summed E-state index contributed by atoms with van der Waals surface area (Å²) in [6.45, 7) is 3.70. The Morgan fingerprint density at radius 1 is 0.933 bits per heavy atom. The minimum atomic E-state index is -3.70. The van der Waals surface area contributed by atoms with Gasteiger partial charge in [-0.3, -0.25) is 9.52 Å². The molecule has 0 aliphatic carbocycles. The zero-order valence-electron chi connectivity index (χ0n) is 16.8. The van der Waals surface area contributed by atoms with Crippen LogP contribution in [0.5, 0.6) is 0 Å². The molecule has 0 saturated carbocycles. The van der Waals surface area contributed by atoms with Crippen LogP contribution in [0.15, 0.2) is 83.8 Å². The molecular weight excluding hydrogens is 416 g/mol. The number of rotatable bonds is 8. The number of para-hydroxylation sites is 1. The molecule has 0 radical (unpaired) electrons. The molecule has 3 aromatic carbocycles. The van der Waals surface area contributed by atoms with Gasteiger partial charge in [-0.05, 0) is 55.3 Å². The van der Waals surface area contributed by atoms with Gasteiger partial charge in [0.1, 0.15) is 0 Å². The first-order valence-electron chi connectivity index (χ1n) is 9.50. The van der Waals surface area contributed by atoms with E-state index >= 15 is 0 Å². The second kappa shape index (κ2) is 9.82. The summed E-state index contributed by atoms with van der Waals surface area (Å²) in [6, 6.07) is 23.3. The predicted octanol–water partition coefficient (Wildman–Crippen LogP) is 5.06. The molecule has 0 fully saturated rings. The number of sulfonamides is 1. The van der Waals surface area contributed by atoms with Crippen molar-refractivity contribution in [1.82, 2.24) is 0 Å². The topological polar surface area (TPSA) is 75.3 Å². The van der Waals surface area contributed by atoms with Crippen LogP contribution in [0.4, 0.5) is 11.4 Å². The largest absolute Gasteiger partial charge is 0.325 e. The number of benzene rings is 3. The van der Waals surface area contributed by atoms with Crippen LogP contribution in [-0.4, -0.2) is 19.6 Å². The SMILES string of the molecule is Cc1ccccc1NS(=O)(=O)c1ccc(NC(=O)[C@H](C)SCc2ccccc2)cc1. The second-order valence-corrected chi connectivity index (χ2v) is 9.88. The minimum absolute atomic E-state index is 0.121. The zero-order chi connectivity index (χ0) is 21.6. The summed E-state index contributed by atoms with van der Waals surface area (Å²) in [5.74, 6) is 0.626. The highest BCUT2D eigenvalue weighted by atomic mass is 32.2. The van der Waals surface area contributed by atoms with Crippen molar-refractivity contribution >= 4 is 39.1 Å². The molecule has 30 heavy (non-hydrogen) atoms. The number of nitrogens with one attached hydrogen (secondary N) is 2. The average molecular weight is 441 g/mol. The normalized spacial score (nSPS) is 12.2. The highest BCUT2D eigenvalue weighted by molar-refractivity contribution is 7.99. The number of hydrogen-bond acceptors (Lipinski definition) is 4. The maximum atomic E-state index is 12.6. The van der Waals surface area contributed by atoms with Crippen LogP contribution in [0.25, 0.3) is 0 Å². The zero-order valence-corrected chi connectivity index (χ0v) is 18.5. The molecule has 3 aromatic rings. The molecule has 0 aliphatic rings.